The molecule has 0 spiro atoms. The van der Waals surface area contributed by atoms with Crippen molar-refractivity contribution in [3.8, 4) is 0 Å². The first-order valence-corrected chi connectivity index (χ1v) is 9.95. The average molecular weight is 431 g/mol. The topological polar surface area (TPSA) is 157 Å². The van der Waals surface area contributed by atoms with E-state index in [2.05, 4.69) is 0 Å². The van der Waals surface area contributed by atoms with E-state index >= 15 is 0 Å². The molecule has 0 rings (SSSR count). The van der Waals surface area contributed by atoms with Crippen LogP contribution in [-0.4, -0.2) is 80.2 Å². The third kappa shape index (κ3) is 10.3. The van der Waals surface area contributed by atoms with Crippen molar-refractivity contribution in [3.63, 3.8) is 0 Å². The van der Waals surface area contributed by atoms with Gasteiger partial charge in [-0.25, -0.2) is 0 Å². The Bertz CT molecular complexity index is 422. The fraction of sp³-hybridized carbons (Fsp3) is 0.944. The Morgan fingerprint density at radius 2 is 1.71 bits per heavy atom. The number of ether oxygens (including phenoxy) is 2. The first kappa shape index (κ1) is 27.5. The third-order valence-corrected chi connectivity index (χ3v) is 5.14. The Kier molecular flexibility index (Phi) is 14.2. The van der Waals surface area contributed by atoms with Gasteiger partial charge in [0.2, 0.25) is 0 Å². The highest BCUT2D eigenvalue weighted by molar-refractivity contribution is 6.20. The summed E-state index contributed by atoms with van der Waals surface area (Å²) in [7, 11) is 0. The number of aliphatic hydroxyl groups is 5. The molecule has 9 nitrogen and oxygen atoms in total. The minimum Gasteiger partial charge on any atom is -0.481 e. The summed E-state index contributed by atoms with van der Waals surface area (Å²) in [5.41, 5.74) is 0. The lowest BCUT2D eigenvalue weighted by atomic mass is 9.77. The second-order valence-electron chi connectivity index (χ2n) is 6.95. The van der Waals surface area contributed by atoms with Crippen molar-refractivity contribution in [1.29, 1.82) is 0 Å². The number of alkyl halides is 1. The van der Waals surface area contributed by atoms with Gasteiger partial charge in [-0.15, -0.1) is 11.6 Å². The van der Waals surface area contributed by atoms with Crippen molar-refractivity contribution >= 4 is 17.6 Å². The Hall–Kier alpha value is -0.520. The zero-order valence-electron chi connectivity index (χ0n) is 16.6. The first-order valence-electron chi connectivity index (χ1n) is 9.52. The molecule has 0 saturated carbocycles. The van der Waals surface area contributed by atoms with Crippen LogP contribution in [-0.2, 0) is 14.3 Å². The first-order chi connectivity index (χ1) is 13.0. The summed E-state index contributed by atoms with van der Waals surface area (Å²) in [5, 5.41) is 57.6. The van der Waals surface area contributed by atoms with Crippen molar-refractivity contribution in [1.82, 2.24) is 0 Å². The van der Waals surface area contributed by atoms with E-state index < -0.39 is 48.7 Å². The molecule has 0 amide bonds. The van der Waals surface area contributed by atoms with Crippen molar-refractivity contribution < 1.29 is 44.9 Å². The van der Waals surface area contributed by atoms with Gasteiger partial charge < -0.3 is 40.1 Å². The molecule has 0 aromatic rings. The number of hydrogen-bond donors (Lipinski definition) is 6. The maximum Gasteiger partial charge on any atom is 0.306 e. The molecule has 6 N–H and O–H groups in total. The van der Waals surface area contributed by atoms with Gasteiger partial charge in [0.15, 0.2) is 18.9 Å². The molecule has 168 valence electrons. The highest BCUT2D eigenvalue weighted by Crippen LogP contribution is 2.33. The molecule has 7 atom stereocenters. The molecule has 10 heteroatoms. The lowest BCUT2D eigenvalue weighted by molar-refractivity contribution is -0.212. The van der Waals surface area contributed by atoms with Crippen LogP contribution >= 0.6 is 11.6 Å². The molecule has 0 aliphatic heterocycles. The zero-order valence-corrected chi connectivity index (χ0v) is 17.4. The summed E-state index contributed by atoms with van der Waals surface area (Å²) in [6.07, 6.45) is -4.21. The molecule has 0 saturated heterocycles. The van der Waals surface area contributed by atoms with Gasteiger partial charge in [-0.2, -0.15) is 0 Å². The lowest BCUT2D eigenvalue weighted by Crippen LogP contribution is -2.44. The molecule has 0 aliphatic carbocycles. The van der Waals surface area contributed by atoms with Crippen LogP contribution in [0.3, 0.4) is 0 Å². The molecule has 0 radical (unpaired) electrons. The number of aliphatic carboxylic acids is 1. The van der Waals surface area contributed by atoms with Crippen molar-refractivity contribution in [2.24, 2.45) is 17.8 Å². The van der Waals surface area contributed by atoms with Gasteiger partial charge in [-0.05, 0) is 32.6 Å². The zero-order chi connectivity index (χ0) is 21.9. The second-order valence-corrected chi connectivity index (χ2v) is 7.57. The van der Waals surface area contributed by atoms with Crippen molar-refractivity contribution in [2.45, 2.75) is 76.8 Å². The predicted molar refractivity (Wildman–Crippen MR) is 101 cm³/mol. The molecular weight excluding hydrogens is 396 g/mol. The number of halogens is 1. The number of rotatable bonds is 16. The van der Waals surface area contributed by atoms with Gasteiger partial charge in [-0.3, -0.25) is 4.79 Å². The van der Waals surface area contributed by atoms with E-state index in [1.165, 1.54) is 13.8 Å². The summed E-state index contributed by atoms with van der Waals surface area (Å²) in [4.78, 5) is 11.5. The number of carbonyl (C=O) groups is 1. The molecule has 0 fully saturated rings. The fourth-order valence-electron chi connectivity index (χ4n) is 3.11. The van der Waals surface area contributed by atoms with Crippen LogP contribution in [0.1, 0.15) is 46.5 Å². The van der Waals surface area contributed by atoms with E-state index in [1.54, 1.807) is 0 Å². The second kappa shape index (κ2) is 14.5. The molecule has 0 heterocycles. The van der Waals surface area contributed by atoms with Crippen LogP contribution in [0.25, 0.3) is 0 Å². The van der Waals surface area contributed by atoms with Crippen LogP contribution in [0.4, 0.5) is 0 Å². The Labute approximate surface area is 170 Å². The number of carboxylic acid groups (broad SMARTS) is 1. The molecule has 0 bridgehead atoms. The smallest absolute Gasteiger partial charge is 0.306 e. The van der Waals surface area contributed by atoms with E-state index in [1.807, 2.05) is 6.92 Å². The SMILES string of the molecule is CCC(Cl)CC(CC(C(O)OCCCO)C(C(O)O)C(C)C(=O)O)OC(C)O. The highest BCUT2D eigenvalue weighted by atomic mass is 35.5. The van der Waals surface area contributed by atoms with Gasteiger partial charge in [-0.1, -0.05) is 13.8 Å². The minimum atomic E-state index is -2.03. The summed E-state index contributed by atoms with van der Waals surface area (Å²) < 4.78 is 10.7. The standard InChI is InChI=1S/C18H35ClO9/c1-4-12(19)8-13(28-11(3)21)9-14(18(26)27-7-5-6-20)15(17(24)25)10(2)16(22)23/h10-15,17-18,20-21,24-26H,4-9H2,1-3H3,(H,22,23). The van der Waals surface area contributed by atoms with E-state index in [-0.39, 0.29) is 31.4 Å². The van der Waals surface area contributed by atoms with Crippen molar-refractivity contribution in [3.05, 3.63) is 0 Å². The average Bonchev–Trinajstić information content (AvgIpc) is 2.59. The van der Waals surface area contributed by atoms with Crippen molar-refractivity contribution in [2.75, 3.05) is 13.2 Å². The number of carboxylic acids is 1. The van der Waals surface area contributed by atoms with Gasteiger partial charge in [0.25, 0.3) is 0 Å². The normalized spacial score (nSPS) is 19.6. The van der Waals surface area contributed by atoms with Crippen LogP contribution in [0.15, 0.2) is 0 Å². The van der Waals surface area contributed by atoms with E-state index in [4.69, 9.17) is 26.2 Å². The molecule has 0 aliphatic rings. The van der Waals surface area contributed by atoms with E-state index in [9.17, 15) is 30.3 Å². The van der Waals surface area contributed by atoms with E-state index in [0.717, 1.165) is 0 Å². The highest BCUT2D eigenvalue weighted by Gasteiger charge is 2.41. The summed E-state index contributed by atoms with van der Waals surface area (Å²) in [6, 6.07) is 0. The molecule has 0 aromatic carbocycles. The minimum absolute atomic E-state index is 0.00111. The Morgan fingerprint density at radius 1 is 1.11 bits per heavy atom. The maximum atomic E-state index is 11.5. The van der Waals surface area contributed by atoms with Gasteiger partial charge >= 0.3 is 5.97 Å². The number of hydrogen-bond acceptors (Lipinski definition) is 8. The van der Waals surface area contributed by atoms with Crippen LogP contribution in [0.2, 0.25) is 0 Å². The summed E-state index contributed by atoms with van der Waals surface area (Å²) in [5.74, 6) is -4.76. The van der Waals surface area contributed by atoms with Gasteiger partial charge in [0, 0.05) is 23.8 Å². The molecule has 0 aromatic heterocycles. The van der Waals surface area contributed by atoms with Crippen LogP contribution in [0.5, 0.6) is 0 Å². The fourth-order valence-corrected chi connectivity index (χ4v) is 3.31. The van der Waals surface area contributed by atoms with Crippen LogP contribution < -0.4 is 0 Å². The predicted octanol–water partition coefficient (Wildman–Crippen LogP) is 0.489. The Morgan fingerprint density at radius 3 is 2.14 bits per heavy atom. The lowest BCUT2D eigenvalue weighted by Gasteiger charge is -2.36. The van der Waals surface area contributed by atoms with Gasteiger partial charge in [0.1, 0.15) is 0 Å². The maximum absolute atomic E-state index is 11.5. The monoisotopic (exact) mass is 430 g/mol. The quantitative estimate of drug-likeness (QED) is 0.116. The summed E-state index contributed by atoms with van der Waals surface area (Å²) >= 11 is 6.19. The molecular formula is C18H35ClO9. The van der Waals surface area contributed by atoms with Gasteiger partial charge in [0.05, 0.1) is 18.6 Å². The third-order valence-electron chi connectivity index (χ3n) is 4.65. The number of aliphatic hydroxyl groups excluding tert-OH is 4. The largest absolute Gasteiger partial charge is 0.481 e. The molecule has 7 unspecified atom stereocenters. The Balaban J connectivity index is 5.64. The molecule has 28 heavy (non-hydrogen) atoms. The summed E-state index contributed by atoms with van der Waals surface area (Å²) in [6.45, 7) is 4.42. The van der Waals surface area contributed by atoms with E-state index in [0.29, 0.717) is 12.8 Å². The van der Waals surface area contributed by atoms with Crippen LogP contribution in [0, 0.1) is 17.8 Å².